The van der Waals surface area contributed by atoms with Gasteiger partial charge in [-0.25, -0.2) is 0 Å². The molecule has 384 valence electrons. The number of hydrogen-bond donors (Lipinski definition) is 0. The molecule has 0 fully saturated rings. The lowest BCUT2D eigenvalue weighted by atomic mass is 9.83. The van der Waals surface area contributed by atoms with Crippen LogP contribution in [0, 0.1) is 0 Å². The van der Waals surface area contributed by atoms with Crippen LogP contribution in [0.4, 0.5) is 34.1 Å². The summed E-state index contributed by atoms with van der Waals surface area (Å²) in [4.78, 5) is 4.97. The van der Waals surface area contributed by atoms with Gasteiger partial charge in [0.25, 0.3) is 0 Å². The summed E-state index contributed by atoms with van der Waals surface area (Å²) in [6, 6.07) is 73.8. The van der Waals surface area contributed by atoms with Crippen LogP contribution in [0.5, 0.6) is 0 Å². The second-order valence-electron chi connectivity index (χ2n) is 26.4. The number of aromatic nitrogens is 2. The van der Waals surface area contributed by atoms with Crippen LogP contribution in [0.1, 0.15) is 105 Å². The van der Waals surface area contributed by atoms with Gasteiger partial charge < -0.3 is 18.6 Å². The average Bonchev–Trinajstić information content (AvgIpc) is 4.35. The van der Waals surface area contributed by atoms with E-state index in [1.54, 1.807) is 0 Å². The standard InChI is InChI=1S/C74H68N4/c1-71(2,3)47-37-57-55-33-45-34-56-58-38-48(72(4,5)6)40-60-62-42-50(74(10,11)12)44-66(76(53-29-21-15-22-30-53)54-31-23-16-24-32-54)70(62)78(68(58)60)64(56)36-46(45)35-63(55)77-67(57)59(39-47)61-41-49(73(7,8)9)43-65(69(61)77)75(51-25-17-13-18-26-51)52-27-19-14-20-28-52/h13-44H,1-12H3. The van der Waals surface area contributed by atoms with Crippen molar-refractivity contribution in [3.63, 3.8) is 0 Å². The van der Waals surface area contributed by atoms with Gasteiger partial charge in [-0.05, 0) is 176 Å². The van der Waals surface area contributed by atoms with Crippen LogP contribution in [0.3, 0.4) is 0 Å². The van der Waals surface area contributed by atoms with Crippen molar-refractivity contribution < 1.29 is 0 Å². The second kappa shape index (κ2) is 16.6. The topological polar surface area (TPSA) is 15.3 Å². The maximum absolute atomic E-state index is 2.63. The highest BCUT2D eigenvalue weighted by Crippen LogP contribution is 2.52. The van der Waals surface area contributed by atoms with E-state index in [2.05, 4.69) is 296 Å². The van der Waals surface area contributed by atoms with E-state index >= 15 is 0 Å². The fraction of sp³-hybridized carbons (Fsp3) is 0.216. The first-order valence-corrected chi connectivity index (χ1v) is 28.0. The SMILES string of the molecule is CC(C)(C)c1cc(N(c2ccccc2)c2ccccc2)c2c(c1)c1cc(C(C)(C)C)cc3c4cc5cc6c7cc(C(C)(C)C)cc8c9cc(C(C)(C)C)cc(N(c%10ccccc%10)c%10ccccc%10)c9n(c6cc5cc4n2c31)c78. The number of nitrogens with zero attached hydrogens (tertiary/aromatic N) is 4. The Kier molecular flexibility index (Phi) is 10.2. The fourth-order valence-electron chi connectivity index (χ4n) is 12.8. The molecule has 0 N–H and O–H groups in total. The largest absolute Gasteiger partial charge is 0.308 e. The molecule has 0 spiro atoms. The molecule has 14 rings (SSSR count). The van der Waals surface area contributed by atoms with Crippen molar-refractivity contribution in [2.45, 2.75) is 105 Å². The van der Waals surface area contributed by atoms with Gasteiger partial charge in [0.2, 0.25) is 0 Å². The van der Waals surface area contributed by atoms with Gasteiger partial charge in [-0.15, -0.1) is 0 Å². The van der Waals surface area contributed by atoms with Gasteiger partial charge in [0, 0.05) is 65.8 Å². The summed E-state index contributed by atoms with van der Waals surface area (Å²) in [7, 11) is 0. The zero-order chi connectivity index (χ0) is 53.9. The summed E-state index contributed by atoms with van der Waals surface area (Å²) in [5.74, 6) is 0. The summed E-state index contributed by atoms with van der Waals surface area (Å²) >= 11 is 0. The molecule has 78 heavy (non-hydrogen) atoms. The highest BCUT2D eigenvalue weighted by molar-refractivity contribution is 6.30. The average molecular weight is 1010 g/mol. The van der Waals surface area contributed by atoms with Gasteiger partial charge in [-0.2, -0.15) is 0 Å². The molecule has 0 aliphatic carbocycles. The molecule has 0 saturated heterocycles. The van der Waals surface area contributed by atoms with Crippen LogP contribution < -0.4 is 9.80 Å². The normalized spacial score (nSPS) is 13.1. The zero-order valence-corrected chi connectivity index (χ0v) is 47.3. The predicted molar refractivity (Wildman–Crippen MR) is 337 cm³/mol. The molecule has 0 aliphatic rings. The van der Waals surface area contributed by atoms with Gasteiger partial charge in [-0.3, -0.25) is 0 Å². The maximum Gasteiger partial charge on any atom is 0.0783 e. The molecule has 0 bridgehead atoms. The maximum atomic E-state index is 2.63. The minimum atomic E-state index is -0.105. The predicted octanol–water partition coefficient (Wildman–Crippen LogP) is 21.3. The highest BCUT2D eigenvalue weighted by atomic mass is 15.2. The van der Waals surface area contributed by atoms with Crippen LogP contribution in [0.15, 0.2) is 194 Å². The molecule has 4 heterocycles. The summed E-state index contributed by atoms with van der Waals surface area (Å²) in [5, 5.41) is 12.8. The van der Waals surface area contributed by atoms with Crippen LogP contribution >= 0.6 is 0 Å². The van der Waals surface area contributed by atoms with Gasteiger partial charge >= 0.3 is 0 Å². The Balaban J connectivity index is 1.16. The number of hydrogen-bond acceptors (Lipinski definition) is 2. The third-order valence-electron chi connectivity index (χ3n) is 17.0. The lowest BCUT2D eigenvalue weighted by molar-refractivity contribution is 0.591. The van der Waals surface area contributed by atoms with Crippen LogP contribution in [-0.4, -0.2) is 8.80 Å². The van der Waals surface area contributed by atoms with E-state index in [1.165, 1.54) is 121 Å². The minimum Gasteiger partial charge on any atom is -0.308 e. The summed E-state index contributed by atoms with van der Waals surface area (Å²) in [6.07, 6.45) is 0. The molecule has 10 aromatic carbocycles. The van der Waals surface area contributed by atoms with Crippen molar-refractivity contribution in [1.82, 2.24) is 8.80 Å². The first-order valence-electron chi connectivity index (χ1n) is 28.0. The van der Waals surface area contributed by atoms with Crippen LogP contribution in [-0.2, 0) is 21.7 Å². The van der Waals surface area contributed by atoms with Crippen molar-refractivity contribution in [2.75, 3.05) is 9.80 Å². The summed E-state index contributed by atoms with van der Waals surface area (Å²) < 4.78 is 5.26. The number of benzene rings is 10. The van der Waals surface area contributed by atoms with E-state index in [9.17, 15) is 0 Å². The van der Waals surface area contributed by atoms with Gasteiger partial charge in [-0.1, -0.05) is 156 Å². The zero-order valence-electron chi connectivity index (χ0n) is 47.3. The second-order valence-corrected chi connectivity index (χ2v) is 26.4. The minimum absolute atomic E-state index is 0.0765. The lowest BCUT2D eigenvalue weighted by Crippen LogP contribution is -2.15. The molecule has 4 nitrogen and oxygen atoms in total. The van der Waals surface area contributed by atoms with Gasteiger partial charge in [0.1, 0.15) is 0 Å². The Labute approximate surface area is 458 Å². The van der Waals surface area contributed by atoms with E-state index in [1.807, 2.05) is 0 Å². The molecule has 0 amide bonds. The Morgan fingerprint density at radius 2 is 0.500 bits per heavy atom. The Bertz CT molecular complexity index is 4290. The molecule has 0 radical (unpaired) electrons. The fourth-order valence-corrected chi connectivity index (χ4v) is 12.8. The van der Waals surface area contributed by atoms with E-state index < -0.39 is 0 Å². The molecule has 0 saturated carbocycles. The number of rotatable bonds is 6. The van der Waals surface area contributed by atoms with Gasteiger partial charge in [0.15, 0.2) is 0 Å². The monoisotopic (exact) mass is 1010 g/mol. The molecule has 0 aliphatic heterocycles. The third kappa shape index (κ3) is 7.25. The van der Waals surface area contributed by atoms with E-state index in [4.69, 9.17) is 0 Å². The number of fused-ring (bicyclic) bond motifs is 13. The third-order valence-corrected chi connectivity index (χ3v) is 17.0. The molecule has 0 unspecified atom stereocenters. The van der Waals surface area contributed by atoms with E-state index in [0.717, 1.165) is 22.7 Å². The van der Waals surface area contributed by atoms with Crippen molar-refractivity contribution in [1.29, 1.82) is 0 Å². The summed E-state index contributed by atoms with van der Waals surface area (Å²) in [5.41, 5.74) is 19.2. The quantitative estimate of drug-likeness (QED) is 0.165. The van der Waals surface area contributed by atoms with E-state index in [-0.39, 0.29) is 21.7 Å². The van der Waals surface area contributed by atoms with Crippen molar-refractivity contribution in [2.24, 2.45) is 0 Å². The molecule has 4 aromatic heterocycles. The molecular weight excluding hydrogens is 945 g/mol. The Morgan fingerprint density at radius 1 is 0.256 bits per heavy atom. The number of para-hydroxylation sites is 4. The smallest absolute Gasteiger partial charge is 0.0783 e. The van der Waals surface area contributed by atoms with Crippen LogP contribution in [0.2, 0.25) is 0 Å². The highest BCUT2D eigenvalue weighted by Gasteiger charge is 2.32. The van der Waals surface area contributed by atoms with E-state index in [0.29, 0.717) is 0 Å². The molecule has 4 heteroatoms. The van der Waals surface area contributed by atoms with Crippen LogP contribution in [0.25, 0.3) is 87.0 Å². The molecule has 14 aromatic rings. The van der Waals surface area contributed by atoms with Crippen molar-refractivity contribution >= 4 is 121 Å². The molecule has 0 atom stereocenters. The first kappa shape index (κ1) is 48.1. The van der Waals surface area contributed by atoms with Crippen molar-refractivity contribution in [3.8, 4) is 0 Å². The Hall–Kier alpha value is -8.34. The lowest BCUT2D eigenvalue weighted by Gasteiger charge is -2.29. The van der Waals surface area contributed by atoms with Crippen molar-refractivity contribution in [3.05, 3.63) is 216 Å². The number of anilines is 6. The Morgan fingerprint density at radius 3 is 0.782 bits per heavy atom. The summed E-state index contributed by atoms with van der Waals surface area (Å²) in [6.45, 7) is 28.2. The molecular formula is C74H68N4. The van der Waals surface area contributed by atoms with Gasteiger partial charge in [0.05, 0.1) is 44.5 Å². The first-order chi connectivity index (χ1) is 37.2.